The summed E-state index contributed by atoms with van der Waals surface area (Å²) in [4.78, 5) is 0. The van der Waals surface area contributed by atoms with Crippen LogP contribution in [0, 0.1) is 0 Å². The molecule has 230 valence electrons. The van der Waals surface area contributed by atoms with Gasteiger partial charge in [0.25, 0.3) is 0 Å². The van der Waals surface area contributed by atoms with Crippen LogP contribution >= 0.6 is 0 Å². The second-order valence-electron chi connectivity index (χ2n) is 11.1. The van der Waals surface area contributed by atoms with E-state index in [1.807, 2.05) is 14.4 Å². The Morgan fingerprint density at radius 1 is 0.488 bits per heavy atom. The first kappa shape index (κ1) is 35.2. The van der Waals surface area contributed by atoms with Gasteiger partial charge in [-0.15, -0.1) is 0 Å². The Balaban J connectivity index is 0.00000108. The minimum atomic E-state index is 1.00. The van der Waals surface area contributed by atoms with E-state index in [0.717, 1.165) is 61.0 Å². The van der Waals surface area contributed by atoms with E-state index in [1.165, 1.54) is 89.1 Å². The molecular formula is C38H58N2Ni. The number of benzene rings is 2. The van der Waals surface area contributed by atoms with Crippen LogP contribution in [0.5, 0.6) is 0 Å². The number of unbranched alkanes of at least 4 members (excludes halogenated alkanes) is 6. The summed E-state index contributed by atoms with van der Waals surface area (Å²) in [6.07, 6.45) is 16.4. The number of nitrogens with zero attached hydrogens (tertiary/aromatic N) is 2. The number of aryl methyl sites for hydroxylation is 2. The maximum absolute atomic E-state index is 11.7. The molecule has 41 heavy (non-hydrogen) atoms. The van der Waals surface area contributed by atoms with Crippen molar-refractivity contribution in [2.45, 2.75) is 142 Å². The molecule has 1 aliphatic heterocycles. The normalized spacial score (nSPS) is 13.3. The predicted molar refractivity (Wildman–Crippen MR) is 177 cm³/mol. The Kier molecular flexibility index (Phi) is 17.9. The van der Waals surface area contributed by atoms with Crippen molar-refractivity contribution in [2.75, 3.05) is 0 Å². The molecule has 0 atom stereocenters. The molecule has 2 nitrogen and oxygen atoms in total. The zero-order valence-electron chi connectivity index (χ0n) is 27.1. The van der Waals surface area contributed by atoms with E-state index >= 15 is 0 Å². The molecule has 0 aliphatic carbocycles. The Labute approximate surface area is 259 Å². The van der Waals surface area contributed by atoms with Gasteiger partial charge in [0.1, 0.15) is 0 Å². The summed E-state index contributed by atoms with van der Waals surface area (Å²) in [7, 11) is 0. The van der Waals surface area contributed by atoms with Crippen LogP contribution in [0.25, 0.3) is 16.9 Å². The molecule has 1 heterocycles. The van der Waals surface area contributed by atoms with Gasteiger partial charge < -0.3 is 5.53 Å². The molecule has 3 heteroatoms. The van der Waals surface area contributed by atoms with E-state index < -0.39 is 0 Å². The summed E-state index contributed by atoms with van der Waals surface area (Å²) in [5, 5.41) is 2.56. The van der Waals surface area contributed by atoms with E-state index in [0.29, 0.717) is 0 Å². The average Bonchev–Trinajstić information content (AvgIpc) is 3.27. The molecule has 3 rings (SSSR count). The summed E-state index contributed by atoms with van der Waals surface area (Å²) < 4.78 is 1.53. The van der Waals surface area contributed by atoms with Gasteiger partial charge >= 0.3 is 39.1 Å². The van der Waals surface area contributed by atoms with E-state index in [-0.39, 0.29) is 0 Å². The van der Waals surface area contributed by atoms with Crippen molar-refractivity contribution < 1.29 is 19.1 Å². The number of hydrogen-bond acceptors (Lipinski definition) is 0. The first-order valence-electron chi connectivity index (χ1n) is 16.6. The van der Waals surface area contributed by atoms with Crippen molar-refractivity contribution in [1.29, 1.82) is 0 Å². The topological polar surface area (TPSA) is 25.3 Å². The van der Waals surface area contributed by atoms with E-state index in [2.05, 4.69) is 90.1 Å². The molecule has 0 N–H and O–H groups in total. The molecule has 0 saturated heterocycles. The first-order chi connectivity index (χ1) is 20.1. The summed E-state index contributed by atoms with van der Waals surface area (Å²) >= 11 is 1.82. The molecule has 0 saturated carbocycles. The third-order valence-corrected chi connectivity index (χ3v) is 8.82. The van der Waals surface area contributed by atoms with Crippen molar-refractivity contribution in [3.63, 3.8) is 0 Å². The van der Waals surface area contributed by atoms with E-state index in [9.17, 15) is 5.53 Å². The predicted octanol–water partition coefficient (Wildman–Crippen LogP) is 12.6. The van der Waals surface area contributed by atoms with Crippen LogP contribution in [0.15, 0.2) is 59.7 Å². The van der Waals surface area contributed by atoms with Gasteiger partial charge in [0.05, 0.1) is 0 Å². The Morgan fingerprint density at radius 2 is 0.878 bits per heavy atom. The summed E-state index contributed by atoms with van der Waals surface area (Å²) in [5.74, 6) is 0. The Hall–Kier alpha value is -1.99. The van der Waals surface area contributed by atoms with E-state index in [1.54, 1.807) is 0 Å². The Morgan fingerprint density at radius 3 is 1.24 bits per heavy atom. The van der Waals surface area contributed by atoms with Crippen LogP contribution in [0.2, 0.25) is 10.8 Å². The second-order valence-corrected chi connectivity index (χ2v) is 13.0. The quantitative estimate of drug-likeness (QED) is 0.0923. The molecule has 2 aromatic rings. The SMILES string of the molecule is CCCCCCC1=C(c2ccc(CCCC)cc2)[N+](=[N-])C(c2ccc(CCCC)cc2)=C1CCCC.C[CH2][Ni][CH2]C. The molecule has 0 bridgehead atoms. The van der Waals surface area contributed by atoms with Crippen molar-refractivity contribution in [3.05, 3.63) is 87.5 Å². The summed E-state index contributed by atoms with van der Waals surface area (Å²) in [5.41, 5.74) is 21.5. The van der Waals surface area contributed by atoms with Gasteiger partial charge in [-0.1, -0.05) is 90.5 Å². The van der Waals surface area contributed by atoms with Gasteiger partial charge in [0, 0.05) is 22.3 Å². The number of hydrogen-bond donors (Lipinski definition) is 0. The van der Waals surface area contributed by atoms with Crippen molar-refractivity contribution in [1.82, 2.24) is 0 Å². The number of allylic oxidation sites excluding steroid dienone is 2. The monoisotopic (exact) mass is 600 g/mol. The fourth-order valence-electron chi connectivity index (χ4n) is 5.45. The van der Waals surface area contributed by atoms with Crippen LogP contribution in [0.3, 0.4) is 0 Å². The van der Waals surface area contributed by atoms with Crippen molar-refractivity contribution in [3.8, 4) is 0 Å². The second kappa shape index (κ2) is 20.8. The van der Waals surface area contributed by atoms with Gasteiger partial charge in [-0.2, -0.15) is 0 Å². The molecule has 1 aliphatic rings. The standard InChI is InChI=1S/C34H48N2.2C2H5.Ni/c1-5-9-13-14-18-32-31(17-12-8-4)33(29-23-19-27(20-24-29)15-10-6-2)36(35)34(32)30-25-21-28(22-26-30)16-11-7-3;2*1-2;/h19-26H,5-18H2,1-4H3;2*1H2,2H3;. The number of rotatable bonds is 18. The van der Waals surface area contributed by atoms with Crippen LogP contribution in [-0.4, -0.2) is 4.70 Å². The summed E-state index contributed by atoms with van der Waals surface area (Å²) in [6, 6.07) is 17.9. The van der Waals surface area contributed by atoms with Gasteiger partial charge in [0.2, 0.25) is 11.4 Å². The zero-order valence-corrected chi connectivity index (χ0v) is 28.1. The first-order valence-corrected chi connectivity index (χ1v) is 18.0. The minimum absolute atomic E-state index is 1.00. The van der Waals surface area contributed by atoms with Crippen molar-refractivity contribution in [2.24, 2.45) is 0 Å². The van der Waals surface area contributed by atoms with Crippen LogP contribution in [-0.2, 0) is 27.3 Å². The zero-order chi connectivity index (χ0) is 29.9. The third kappa shape index (κ3) is 11.3. The molecule has 0 radical (unpaired) electrons. The molecule has 0 aromatic heterocycles. The van der Waals surface area contributed by atoms with Gasteiger partial charge in [-0.25, -0.2) is 4.70 Å². The van der Waals surface area contributed by atoms with Crippen LogP contribution in [0.4, 0.5) is 0 Å². The third-order valence-electron chi connectivity index (χ3n) is 7.83. The summed E-state index contributed by atoms with van der Waals surface area (Å²) in [6.45, 7) is 13.4. The molecule has 0 unspecified atom stereocenters. The van der Waals surface area contributed by atoms with Crippen molar-refractivity contribution >= 4 is 11.4 Å². The van der Waals surface area contributed by atoms with Gasteiger partial charge in [-0.3, -0.25) is 0 Å². The molecule has 0 fully saturated rings. The average molecular weight is 602 g/mol. The fraction of sp³-hybridized carbons (Fsp3) is 0.579. The van der Waals surface area contributed by atoms with Crippen LogP contribution < -0.4 is 0 Å². The molecule has 0 spiro atoms. The van der Waals surface area contributed by atoms with Gasteiger partial charge in [-0.05, 0) is 86.8 Å². The molecule has 0 amide bonds. The van der Waals surface area contributed by atoms with E-state index in [4.69, 9.17) is 0 Å². The maximum atomic E-state index is 11.7. The van der Waals surface area contributed by atoms with Gasteiger partial charge in [0.15, 0.2) is 0 Å². The molecule has 2 aromatic carbocycles. The fourth-order valence-corrected chi connectivity index (χ4v) is 5.94. The molecular weight excluding hydrogens is 543 g/mol. The van der Waals surface area contributed by atoms with Crippen LogP contribution in [0.1, 0.15) is 141 Å². The Bertz CT molecular complexity index is 1070.